The first-order chi connectivity index (χ1) is 10.2. The number of rotatable bonds is 6. The van der Waals surface area contributed by atoms with Gasteiger partial charge in [-0.1, -0.05) is 24.6 Å². The summed E-state index contributed by atoms with van der Waals surface area (Å²) in [5.41, 5.74) is 1.08. The Kier molecular flexibility index (Phi) is 6.15. The third-order valence-electron chi connectivity index (χ3n) is 4.13. The molecule has 1 fully saturated rings. The molecule has 0 aromatic heterocycles. The molecule has 1 aromatic carbocycles. The van der Waals surface area contributed by atoms with Crippen molar-refractivity contribution < 1.29 is 9.47 Å². The number of benzene rings is 1. The SMILES string of the molecule is CCN(Cc1ccc(OC)c(OC)c1Cl)C1CCCNC1. The number of nitrogens with one attached hydrogen (secondary N) is 1. The van der Waals surface area contributed by atoms with E-state index in [2.05, 4.69) is 17.1 Å². The Morgan fingerprint density at radius 1 is 1.33 bits per heavy atom. The van der Waals surface area contributed by atoms with Crippen LogP contribution in [0.5, 0.6) is 11.5 Å². The predicted molar refractivity (Wildman–Crippen MR) is 86.5 cm³/mol. The molecule has 1 N–H and O–H groups in total. The fourth-order valence-corrected chi connectivity index (χ4v) is 3.21. The zero-order valence-electron chi connectivity index (χ0n) is 13.1. The Labute approximate surface area is 132 Å². The summed E-state index contributed by atoms with van der Waals surface area (Å²) < 4.78 is 10.7. The largest absolute Gasteiger partial charge is 0.493 e. The third kappa shape index (κ3) is 3.82. The van der Waals surface area contributed by atoms with Crippen molar-refractivity contribution in [3.63, 3.8) is 0 Å². The Hall–Kier alpha value is -0.970. The van der Waals surface area contributed by atoms with Crippen LogP contribution in [0.1, 0.15) is 25.3 Å². The Balaban J connectivity index is 2.17. The van der Waals surface area contributed by atoms with Gasteiger partial charge in [-0.3, -0.25) is 4.90 Å². The maximum absolute atomic E-state index is 6.49. The molecule has 1 atom stereocenters. The van der Waals surface area contributed by atoms with Crippen molar-refractivity contribution in [1.29, 1.82) is 0 Å². The second-order valence-corrected chi connectivity index (χ2v) is 5.72. The molecule has 2 rings (SSSR count). The highest BCUT2D eigenvalue weighted by molar-refractivity contribution is 6.33. The number of piperidine rings is 1. The molecule has 0 bridgehead atoms. The number of hydrogen-bond acceptors (Lipinski definition) is 4. The molecule has 4 nitrogen and oxygen atoms in total. The highest BCUT2D eigenvalue weighted by atomic mass is 35.5. The number of ether oxygens (including phenoxy) is 2. The normalized spacial score (nSPS) is 18.8. The van der Waals surface area contributed by atoms with E-state index in [1.54, 1.807) is 14.2 Å². The molecule has 0 aliphatic carbocycles. The van der Waals surface area contributed by atoms with Crippen LogP contribution in [-0.4, -0.2) is 44.8 Å². The van der Waals surface area contributed by atoms with Crippen LogP contribution < -0.4 is 14.8 Å². The van der Waals surface area contributed by atoms with Crippen molar-refractivity contribution in [2.75, 3.05) is 33.9 Å². The van der Waals surface area contributed by atoms with Crippen LogP contribution in [0.25, 0.3) is 0 Å². The molecule has 118 valence electrons. The fourth-order valence-electron chi connectivity index (χ4n) is 2.92. The van der Waals surface area contributed by atoms with Gasteiger partial charge in [0.1, 0.15) is 0 Å². The van der Waals surface area contributed by atoms with E-state index in [9.17, 15) is 0 Å². The standard InChI is InChI=1S/C16H25ClN2O2/c1-4-19(13-6-5-9-18-10-13)11-12-7-8-14(20-2)16(21-3)15(12)17/h7-8,13,18H,4-6,9-11H2,1-3H3. The van der Waals surface area contributed by atoms with Gasteiger partial charge in [-0.15, -0.1) is 0 Å². The van der Waals surface area contributed by atoms with Gasteiger partial charge in [0, 0.05) is 19.1 Å². The Bertz CT molecular complexity index is 462. The number of halogens is 1. The number of likely N-dealkylation sites (N-methyl/N-ethyl adjacent to an activating group) is 1. The summed E-state index contributed by atoms with van der Waals surface area (Å²) in [6.07, 6.45) is 2.48. The van der Waals surface area contributed by atoms with Gasteiger partial charge < -0.3 is 14.8 Å². The lowest BCUT2D eigenvalue weighted by Gasteiger charge is -2.34. The van der Waals surface area contributed by atoms with Gasteiger partial charge >= 0.3 is 0 Å². The van der Waals surface area contributed by atoms with E-state index in [0.717, 1.165) is 31.7 Å². The van der Waals surface area contributed by atoms with E-state index in [0.29, 0.717) is 22.6 Å². The lowest BCUT2D eigenvalue weighted by atomic mass is 10.0. The lowest BCUT2D eigenvalue weighted by molar-refractivity contribution is 0.166. The first kappa shape index (κ1) is 16.4. The van der Waals surface area contributed by atoms with E-state index in [-0.39, 0.29) is 0 Å². The summed E-state index contributed by atoms with van der Waals surface area (Å²) in [6, 6.07) is 4.53. The summed E-state index contributed by atoms with van der Waals surface area (Å²) in [7, 11) is 3.25. The molecular formula is C16H25ClN2O2. The van der Waals surface area contributed by atoms with Crippen LogP contribution in [0.3, 0.4) is 0 Å². The lowest BCUT2D eigenvalue weighted by Crippen LogP contribution is -2.45. The molecule has 1 heterocycles. The molecule has 1 aliphatic rings. The highest BCUT2D eigenvalue weighted by Gasteiger charge is 2.22. The third-order valence-corrected chi connectivity index (χ3v) is 4.55. The van der Waals surface area contributed by atoms with E-state index in [1.807, 2.05) is 12.1 Å². The van der Waals surface area contributed by atoms with Gasteiger partial charge in [-0.25, -0.2) is 0 Å². The van der Waals surface area contributed by atoms with Gasteiger partial charge in [-0.2, -0.15) is 0 Å². The van der Waals surface area contributed by atoms with Gasteiger partial charge in [0.15, 0.2) is 11.5 Å². The quantitative estimate of drug-likeness (QED) is 0.875. The first-order valence-corrected chi connectivity index (χ1v) is 7.93. The van der Waals surface area contributed by atoms with Crippen LogP contribution >= 0.6 is 11.6 Å². The predicted octanol–water partition coefficient (Wildman–Crippen LogP) is 2.93. The van der Waals surface area contributed by atoms with Gasteiger partial charge in [0.2, 0.25) is 0 Å². The zero-order chi connectivity index (χ0) is 15.2. The average Bonchev–Trinajstić information content (AvgIpc) is 2.54. The van der Waals surface area contributed by atoms with Crippen LogP contribution in [0.2, 0.25) is 5.02 Å². The van der Waals surface area contributed by atoms with E-state index < -0.39 is 0 Å². The average molecular weight is 313 g/mol. The van der Waals surface area contributed by atoms with Crippen LogP contribution in [0.4, 0.5) is 0 Å². The van der Waals surface area contributed by atoms with Crippen LogP contribution in [0, 0.1) is 0 Å². The molecule has 1 aromatic rings. The molecule has 1 saturated heterocycles. The summed E-state index contributed by atoms with van der Waals surface area (Å²) >= 11 is 6.49. The number of nitrogens with zero attached hydrogens (tertiary/aromatic N) is 1. The van der Waals surface area contributed by atoms with Crippen molar-refractivity contribution in [2.24, 2.45) is 0 Å². The summed E-state index contributed by atoms with van der Waals surface area (Å²) in [6.45, 7) is 6.23. The van der Waals surface area contributed by atoms with Crippen LogP contribution in [0.15, 0.2) is 12.1 Å². The molecule has 1 aliphatic heterocycles. The molecular weight excluding hydrogens is 288 g/mol. The summed E-state index contributed by atoms with van der Waals surface area (Å²) in [4.78, 5) is 2.47. The monoisotopic (exact) mass is 312 g/mol. The fraction of sp³-hybridized carbons (Fsp3) is 0.625. The van der Waals surface area contributed by atoms with Crippen molar-refractivity contribution >= 4 is 11.6 Å². The van der Waals surface area contributed by atoms with Crippen molar-refractivity contribution in [3.8, 4) is 11.5 Å². The zero-order valence-corrected chi connectivity index (χ0v) is 13.9. The van der Waals surface area contributed by atoms with E-state index in [1.165, 1.54) is 12.8 Å². The molecule has 5 heteroatoms. The minimum Gasteiger partial charge on any atom is -0.493 e. The van der Waals surface area contributed by atoms with Crippen molar-refractivity contribution in [2.45, 2.75) is 32.4 Å². The maximum atomic E-state index is 6.49. The van der Waals surface area contributed by atoms with Crippen LogP contribution in [-0.2, 0) is 6.54 Å². The van der Waals surface area contributed by atoms with Crippen molar-refractivity contribution in [3.05, 3.63) is 22.7 Å². The van der Waals surface area contributed by atoms with Crippen molar-refractivity contribution in [1.82, 2.24) is 10.2 Å². The molecule has 0 spiro atoms. The first-order valence-electron chi connectivity index (χ1n) is 7.55. The van der Waals surface area contributed by atoms with Gasteiger partial charge in [-0.05, 0) is 37.6 Å². The molecule has 1 unspecified atom stereocenters. The molecule has 0 radical (unpaired) electrons. The van der Waals surface area contributed by atoms with Gasteiger partial charge in [0.05, 0.1) is 19.2 Å². The van der Waals surface area contributed by atoms with Gasteiger partial charge in [0.25, 0.3) is 0 Å². The topological polar surface area (TPSA) is 33.7 Å². The second kappa shape index (κ2) is 7.87. The van der Waals surface area contributed by atoms with E-state index >= 15 is 0 Å². The summed E-state index contributed by atoms with van der Waals surface area (Å²) in [5.74, 6) is 1.29. The molecule has 0 amide bonds. The Morgan fingerprint density at radius 2 is 2.14 bits per heavy atom. The smallest absolute Gasteiger partial charge is 0.179 e. The maximum Gasteiger partial charge on any atom is 0.179 e. The number of methoxy groups -OCH3 is 2. The minimum atomic E-state index is 0.577. The molecule has 21 heavy (non-hydrogen) atoms. The minimum absolute atomic E-state index is 0.577. The molecule has 0 saturated carbocycles. The van der Waals surface area contributed by atoms with E-state index in [4.69, 9.17) is 21.1 Å². The second-order valence-electron chi connectivity index (χ2n) is 5.34. The summed E-state index contributed by atoms with van der Waals surface area (Å²) in [5, 5.41) is 4.12. The number of hydrogen-bond donors (Lipinski definition) is 1. The highest BCUT2D eigenvalue weighted by Crippen LogP contribution is 2.37. The Morgan fingerprint density at radius 3 is 2.71 bits per heavy atom.